The Morgan fingerprint density at radius 1 is 0.923 bits per heavy atom. The number of likely N-dealkylation sites (N-methyl/N-ethyl adjacent to an activating group) is 1. The van der Waals surface area contributed by atoms with Gasteiger partial charge in [0.25, 0.3) is 0 Å². The topological polar surface area (TPSA) is 152 Å². The average Bonchev–Trinajstić information content (AvgIpc) is 3.30. The van der Waals surface area contributed by atoms with Crippen LogP contribution in [0.15, 0.2) is 45.3 Å². The summed E-state index contributed by atoms with van der Waals surface area (Å²) in [4.78, 5) is 51.4. The number of nitrogens with zero attached hydrogens (tertiary/aromatic N) is 5. The number of carbonyl (C=O) groups is 3. The second-order valence-corrected chi connectivity index (χ2v) is 18.1. The third kappa shape index (κ3) is 9.73. The number of nitrogens with two attached hydrogens (primary N) is 1. The van der Waals surface area contributed by atoms with Crippen LogP contribution >= 0.6 is 31.9 Å². The maximum absolute atomic E-state index is 14.1. The highest BCUT2D eigenvalue weighted by molar-refractivity contribution is 9.11. The second-order valence-electron chi connectivity index (χ2n) is 14.5. The van der Waals surface area contributed by atoms with E-state index in [1.165, 1.54) is 0 Å². The number of anilines is 2. The SMILES string of the molecule is CN1CCN(C2CCN(CCS(=O)(=O)N[C@@H](CC(=O)c3cc(Br)c(N)c(Br)c3)C(=O)N3CCC(N4CCc5ccccc5NC4=O)CC3)CC2)CC1. The van der Waals surface area contributed by atoms with Gasteiger partial charge in [-0.25, -0.2) is 17.9 Å². The molecule has 0 bridgehead atoms. The van der Waals surface area contributed by atoms with Gasteiger partial charge in [0, 0.05) is 91.1 Å². The number of likely N-dealkylation sites (tertiary alicyclic amines) is 2. The molecule has 0 aromatic heterocycles. The number of hydrogen-bond acceptors (Lipinski definition) is 9. The van der Waals surface area contributed by atoms with Crippen LogP contribution in [0.4, 0.5) is 16.2 Å². The lowest BCUT2D eigenvalue weighted by atomic mass is 9.99. The Kier molecular flexibility index (Phi) is 13.0. The Bertz CT molecular complexity index is 1700. The van der Waals surface area contributed by atoms with Gasteiger partial charge in [-0.15, -0.1) is 0 Å². The molecule has 52 heavy (non-hydrogen) atoms. The lowest BCUT2D eigenvalue weighted by Gasteiger charge is -2.42. The number of carbonyl (C=O) groups excluding carboxylic acids is 3. The summed E-state index contributed by atoms with van der Waals surface area (Å²) in [6, 6.07) is 9.97. The summed E-state index contributed by atoms with van der Waals surface area (Å²) in [6.07, 6.45) is 3.48. The van der Waals surface area contributed by atoms with Gasteiger partial charge in [0.1, 0.15) is 6.04 Å². The summed E-state index contributed by atoms with van der Waals surface area (Å²) >= 11 is 6.76. The molecule has 1 atom stereocenters. The van der Waals surface area contributed by atoms with E-state index in [1.54, 1.807) is 17.0 Å². The summed E-state index contributed by atoms with van der Waals surface area (Å²) in [5.74, 6) is -0.994. The van der Waals surface area contributed by atoms with Crippen LogP contribution in [0.2, 0.25) is 0 Å². The fourth-order valence-corrected chi connectivity index (χ4v) is 10.2. The molecule has 3 amide bonds. The van der Waals surface area contributed by atoms with Gasteiger partial charge >= 0.3 is 6.03 Å². The van der Waals surface area contributed by atoms with Crippen molar-refractivity contribution in [2.24, 2.45) is 0 Å². The number of urea groups is 1. The molecule has 284 valence electrons. The molecular weight excluding hydrogens is 816 g/mol. The molecule has 4 heterocycles. The second kappa shape index (κ2) is 17.2. The molecular formula is C36H50Br2N8O5S. The first-order valence-corrected chi connectivity index (χ1v) is 21.5. The van der Waals surface area contributed by atoms with Crippen molar-refractivity contribution in [3.8, 4) is 0 Å². The molecule has 0 saturated carbocycles. The number of halogens is 2. The Labute approximate surface area is 323 Å². The van der Waals surface area contributed by atoms with Crippen LogP contribution in [-0.2, 0) is 21.2 Å². The summed E-state index contributed by atoms with van der Waals surface area (Å²) < 4.78 is 30.9. The summed E-state index contributed by atoms with van der Waals surface area (Å²) in [5, 5.41) is 3.02. The minimum Gasteiger partial charge on any atom is -0.397 e. The van der Waals surface area contributed by atoms with Gasteiger partial charge < -0.3 is 30.7 Å². The molecule has 6 rings (SSSR count). The zero-order chi connectivity index (χ0) is 37.0. The van der Waals surface area contributed by atoms with Crippen LogP contribution in [-0.4, -0.2) is 147 Å². The summed E-state index contributed by atoms with van der Waals surface area (Å²) in [6.45, 7) is 7.53. The zero-order valence-electron chi connectivity index (χ0n) is 29.7. The molecule has 4 aliphatic rings. The van der Waals surface area contributed by atoms with Gasteiger partial charge in [0.05, 0.1) is 11.4 Å². The highest BCUT2D eigenvalue weighted by Crippen LogP contribution is 2.31. The molecule has 2 aromatic rings. The molecule has 4 N–H and O–H groups in total. The van der Waals surface area contributed by atoms with Crippen molar-refractivity contribution in [1.82, 2.24) is 29.2 Å². The first-order valence-electron chi connectivity index (χ1n) is 18.2. The largest absolute Gasteiger partial charge is 0.397 e. The number of para-hydroxylation sites is 1. The first-order chi connectivity index (χ1) is 24.9. The van der Waals surface area contributed by atoms with Gasteiger partial charge in [-0.2, -0.15) is 0 Å². The minimum atomic E-state index is -3.93. The van der Waals surface area contributed by atoms with Gasteiger partial charge in [-0.3, -0.25) is 14.5 Å². The maximum Gasteiger partial charge on any atom is 0.322 e. The number of fused-ring (bicyclic) bond motifs is 1. The Hall–Kier alpha value is -2.60. The van der Waals surface area contributed by atoms with Crippen LogP contribution in [0.5, 0.6) is 0 Å². The number of piperidine rings is 2. The van der Waals surface area contributed by atoms with E-state index in [2.05, 4.69) is 63.6 Å². The van der Waals surface area contributed by atoms with E-state index in [0.29, 0.717) is 65.3 Å². The average molecular weight is 867 g/mol. The molecule has 16 heteroatoms. The lowest BCUT2D eigenvalue weighted by molar-refractivity contribution is -0.134. The highest BCUT2D eigenvalue weighted by Gasteiger charge is 2.36. The van der Waals surface area contributed by atoms with E-state index < -0.39 is 22.0 Å². The van der Waals surface area contributed by atoms with E-state index in [0.717, 1.165) is 69.8 Å². The van der Waals surface area contributed by atoms with Crippen molar-refractivity contribution >= 4 is 71.0 Å². The predicted molar refractivity (Wildman–Crippen MR) is 210 cm³/mol. The third-order valence-electron chi connectivity index (χ3n) is 11.1. The number of amides is 3. The Morgan fingerprint density at radius 3 is 2.23 bits per heavy atom. The molecule has 0 spiro atoms. The van der Waals surface area contributed by atoms with Crippen LogP contribution in [0, 0.1) is 0 Å². The summed E-state index contributed by atoms with van der Waals surface area (Å²) in [5.41, 5.74) is 8.68. The number of nitrogens with one attached hydrogen (secondary N) is 2. The van der Waals surface area contributed by atoms with Crippen molar-refractivity contribution < 1.29 is 22.8 Å². The van der Waals surface area contributed by atoms with Gasteiger partial charge in [-0.05, 0) is 108 Å². The first kappa shape index (κ1) is 39.1. The molecule has 0 unspecified atom stereocenters. The van der Waals surface area contributed by atoms with Gasteiger partial charge in [0.2, 0.25) is 15.9 Å². The number of Topliss-reactive ketones (excluding diaryl/α,β-unsaturated/α-hetero) is 1. The van der Waals surface area contributed by atoms with Crippen molar-refractivity contribution in [2.75, 3.05) is 89.3 Å². The van der Waals surface area contributed by atoms with E-state index in [4.69, 9.17) is 5.73 Å². The molecule has 4 aliphatic heterocycles. The van der Waals surface area contributed by atoms with Crippen molar-refractivity contribution in [3.05, 3.63) is 56.5 Å². The van der Waals surface area contributed by atoms with Crippen LogP contribution < -0.4 is 15.8 Å². The number of rotatable bonds is 11. The lowest BCUT2D eigenvalue weighted by Crippen LogP contribution is -2.55. The maximum atomic E-state index is 14.1. The van der Waals surface area contributed by atoms with E-state index in [1.807, 2.05) is 29.2 Å². The third-order valence-corrected chi connectivity index (χ3v) is 13.7. The molecule has 13 nitrogen and oxygen atoms in total. The van der Waals surface area contributed by atoms with Crippen LogP contribution in [0.1, 0.15) is 48.0 Å². The number of ketones is 1. The van der Waals surface area contributed by atoms with Crippen molar-refractivity contribution in [3.63, 3.8) is 0 Å². The van der Waals surface area contributed by atoms with E-state index in [-0.39, 0.29) is 30.0 Å². The monoisotopic (exact) mass is 864 g/mol. The van der Waals surface area contributed by atoms with Gasteiger partial charge in [0.15, 0.2) is 5.78 Å². The normalized spacial score (nSPS) is 21.0. The number of nitrogen functional groups attached to an aromatic ring is 1. The summed E-state index contributed by atoms with van der Waals surface area (Å²) in [7, 11) is -1.78. The number of piperazine rings is 1. The fourth-order valence-electron chi connectivity index (χ4n) is 7.80. The van der Waals surface area contributed by atoms with Crippen molar-refractivity contribution in [1.29, 1.82) is 0 Å². The predicted octanol–water partition coefficient (Wildman–Crippen LogP) is 3.45. The van der Waals surface area contributed by atoms with E-state index >= 15 is 0 Å². The fraction of sp³-hybridized carbons (Fsp3) is 0.583. The number of sulfonamides is 1. The van der Waals surface area contributed by atoms with E-state index in [9.17, 15) is 22.8 Å². The molecule has 2 aromatic carbocycles. The highest BCUT2D eigenvalue weighted by atomic mass is 79.9. The quantitative estimate of drug-likeness (QED) is 0.228. The van der Waals surface area contributed by atoms with Gasteiger partial charge in [-0.1, -0.05) is 18.2 Å². The molecule has 0 aliphatic carbocycles. The minimum absolute atomic E-state index is 0.0694. The smallest absolute Gasteiger partial charge is 0.322 e. The Balaban J connectivity index is 1.08. The molecule has 3 saturated heterocycles. The number of hydrogen-bond donors (Lipinski definition) is 3. The standard InChI is InChI=1S/C36H50Br2N8O5S/c1-42-16-18-44(19-17-42)27-7-11-43(12-8-27)20-21-52(50,51)41-32(24-33(47)26-22-29(37)34(39)30(38)23-26)35(48)45-13-9-28(10-14-45)46-15-6-25-4-2-3-5-31(25)40-36(46)49/h2-5,22-23,27-28,32,41H,6-21,24,39H2,1H3,(H,40,49)/t32-/m0/s1. The van der Waals surface area contributed by atoms with Crippen LogP contribution in [0.3, 0.4) is 0 Å². The molecule has 0 radical (unpaired) electrons. The molecule has 3 fully saturated rings. The Morgan fingerprint density at radius 2 is 1.56 bits per heavy atom. The van der Waals surface area contributed by atoms with Crippen LogP contribution in [0.25, 0.3) is 0 Å². The van der Waals surface area contributed by atoms with Crippen molar-refractivity contribution in [2.45, 2.75) is 56.7 Å². The zero-order valence-corrected chi connectivity index (χ0v) is 33.7. The number of benzene rings is 2.